The molecule has 6 heteroatoms. The molecule has 2 heterocycles. The summed E-state index contributed by atoms with van der Waals surface area (Å²) in [5.74, 6) is 2.06. The van der Waals surface area contributed by atoms with Gasteiger partial charge < -0.3 is 15.1 Å². The Labute approximate surface area is 170 Å². The number of rotatable bonds is 8. The van der Waals surface area contributed by atoms with Gasteiger partial charge in [0.1, 0.15) is 5.76 Å². The summed E-state index contributed by atoms with van der Waals surface area (Å²) in [5, 5.41) is 8.08. The van der Waals surface area contributed by atoms with Crippen molar-refractivity contribution in [1.29, 1.82) is 0 Å². The molecular weight excluding hydrogens is 368 g/mol. The van der Waals surface area contributed by atoms with Gasteiger partial charge in [0.15, 0.2) is 5.96 Å². The number of furan rings is 1. The molecule has 2 unspecified atom stereocenters. The highest BCUT2D eigenvalue weighted by Crippen LogP contribution is 2.21. The van der Waals surface area contributed by atoms with E-state index in [2.05, 4.69) is 60.7 Å². The molecule has 2 N–H and O–H groups in total. The maximum absolute atomic E-state index is 5.42. The van der Waals surface area contributed by atoms with Gasteiger partial charge in [0.05, 0.1) is 23.9 Å². The van der Waals surface area contributed by atoms with Crippen LogP contribution in [0.3, 0.4) is 0 Å². The summed E-state index contributed by atoms with van der Waals surface area (Å²) >= 11 is 1.74. The quantitative estimate of drug-likeness (QED) is 0.428. The molecule has 0 radical (unpaired) electrons. The fourth-order valence-electron chi connectivity index (χ4n) is 2.85. The summed E-state index contributed by atoms with van der Waals surface area (Å²) in [5.41, 5.74) is 1.23. The van der Waals surface area contributed by atoms with Crippen LogP contribution in [0.1, 0.15) is 47.0 Å². The van der Waals surface area contributed by atoms with E-state index in [0.717, 1.165) is 29.7 Å². The SMILES string of the molecule is Cc1cnc(C(C)CN=C(NCCc2ccco2)NC(C)c2ccccc2)s1. The second-order valence-corrected chi connectivity index (χ2v) is 8.20. The van der Waals surface area contributed by atoms with Gasteiger partial charge in [-0.1, -0.05) is 37.3 Å². The number of hydrogen-bond donors (Lipinski definition) is 2. The minimum atomic E-state index is 0.161. The normalized spacial score (nSPS) is 13.9. The Morgan fingerprint density at radius 1 is 1.18 bits per heavy atom. The summed E-state index contributed by atoms with van der Waals surface area (Å²) in [7, 11) is 0. The zero-order valence-corrected chi connectivity index (χ0v) is 17.5. The Morgan fingerprint density at radius 3 is 2.68 bits per heavy atom. The molecule has 28 heavy (non-hydrogen) atoms. The van der Waals surface area contributed by atoms with Crippen LogP contribution >= 0.6 is 11.3 Å². The molecule has 0 amide bonds. The van der Waals surface area contributed by atoms with Gasteiger partial charge in [-0.25, -0.2) is 4.98 Å². The molecule has 0 saturated carbocycles. The van der Waals surface area contributed by atoms with Crippen molar-refractivity contribution in [2.24, 2.45) is 4.99 Å². The molecule has 1 aromatic carbocycles. The smallest absolute Gasteiger partial charge is 0.191 e. The molecule has 0 saturated heterocycles. The van der Waals surface area contributed by atoms with Crippen LogP contribution < -0.4 is 10.6 Å². The Morgan fingerprint density at radius 2 is 2.00 bits per heavy atom. The van der Waals surface area contributed by atoms with Gasteiger partial charge in [-0.3, -0.25) is 4.99 Å². The van der Waals surface area contributed by atoms with Crippen LogP contribution in [0.25, 0.3) is 0 Å². The van der Waals surface area contributed by atoms with Crippen molar-refractivity contribution in [1.82, 2.24) is 15.6 Å². The maximum Gasteiger partial charge on any atom is 0.191 e. The highest BCUT2D eigenvalue weighted by atomic mass is 32.1. The molecule has 3 rings (SSSR count). The van der Waals surface area contributed by atoms with Gasteiger partial charge in [0.2, 0.25) is 0 Å². The summed E-state index contributed by atoms with van der Waals surface area (Å²) in [6, 6.07) is 14.5. The molecule has 0 spiro atoms. The minimum Gasteiger partial charge on any atom is -0.469 e. The van der Waals surface area contributed by atoms with Crippen molar-refractivity contribution in [3.63, 3.8) is 0 Å². The largest absolute Gasteiger partial charge is 0.469 e. The molecule has 5 nitrogen and oxygen atoms in total. The average Bonchev–Trinajstić information content (AvgIpc) is 3.38. The number of benzene rings is 1. The minimum absolute atomic E-state index is 0.161. The van der Waals surface area contributed by atoms with Crippen LogP contribution in [0.5, 0.6) is 0 Å². The molecule has 148 valence electrons. The average molecular weight is 397 g/mol. The van der Waals surface area contributed by atoms with E-state index in [1.54, 1.807) is 17.6 Å². The number of nitrogens with zero attached hydrogens (tertiary/aromatic N) is 2. The highest BCUT2D eigenvalue weighted by Gasteiger charge is 2.12. The molecule has 0 fully saturated rings. The predicted octanol–water partition coefficient (Wildman–Crippen LogP) is 4.69. The first-order chi connectivity index (χ1) is 13.6. The lowest BCUT2D eigenvalue weighted by Crippen LogP contribution is -2.40. The lowest BCUT2D eigenvalue weighted by molar-refractivity contribution is 0.506. The van der Waals surface area contributed by atoms with Crippen molar-refractivity contribution in [3.05, 3.63) is 76.1 Å². The number of hydrogen-bond acceptors (Lipinski definition) is 4. The summed E-state index contributed by atoms with van der Waals surface area (Å²) in [6.45, 7) is 7.84. The van der Waals surface area contributed by atoms with E-state index >= 15 is 0 Å². The Bertz CT molecular complexity index is 858. The first kappa shape index (κ1) is 20.1. The van der Waals surface area contributed by atoms with Crippen LogP contribution in [0.15, 0.2) is 64.3 Å². The van der Waals surface area contributed by atoms with Crippen molar-refractivity contribution >= 4 is 17.3 Å². The van der Waals surface area contributed by atoms with Gasteiger partial charge in [-0.05, 0) is 31.5 Å². The van der Waals surface area contributed by atoms with Gasteiger partial charge in [-0.15, -0.1) is 11.3 Å². The Kier molecular flexibility index (Phi) is 7.25. The lowest BCUT2D eigenvalue weighted by atomic mass is 10.1. The Balaban J connectivity index is 1.63. The predicted molar refractivity (Wildman–Crippen MR) is 116 cm³/mol. The van der Waals surface area contributed by atoms with E-state index in [-0.39, 0.29) is 12.0 Å². The number of aliphatic imine (C=N–C) groups is 1. The van der Waals surface area contributed by atoms with E-state index in [1.807, 2.05) is 24.4 Å². The van der Waals surface area contributed by atoms with E-state index in [1.165, 1.54) is 10.4 Å². The second-order valence-electron chi connectivity index (χ2n) is 6.93. The van der Waals surface area contributed by atoms with Crippen LogP contribution in [0.4, 0.5) is 0 Å². The van der Waals surface area contributed by atoms with Gasteiger partial charge in [0, 0.05) is 30.0 Å². The lowest BCUT2D eigenvalue weighted by Gasteiger charge is -2.19. The van der Waals surface area contributed by atoms with E-state index in [9.17, 15) is 0 Å². The third-order valence-corrected chi connectivity index (χ3v) is 5.63. The van der Waals surface area contributed by atoms with Crippen molar-refractivity contribution in [2.45, 2.75) is 39.2 Å². The molecule has 0 aliphatic rings. The van der Waals surface area contributed by atoms with Gasteiger partial charge in [-0.2, -0.15) is 0 Å². The van der Waals surface area contributed by atoms with E-state index in [4.69, 9.17) is 9.41 Å². The number of nitrogens with one attached hydrogen (secondary N) is 2. The summed E-state index contributed by atoms with van der Waals surface area (Å²) in [6.07, 6.45) is 4.45. The number of aryl methyl sites for hydroxylation is 1. The highest BCUT2D eigenvalue weighted by molar-refractivity contribution is 7.11. The number of guanidine groups is 1. The second kappa shape index (κ2) is 10.1. The molecule has 2 atom stereocenters. The molecule has 0 bridgehead atoms. The number of thiazole rings is 1. The molecule has 0 aliphatic heterocycles. The standard InChI is InChI=1S/C22H28N4OS/c1-16(21-24-15-17(2)28-21)14-25-22(23-12-11-20-10-7-13-27-20)26-18(3)19-8-5-4-6-9-19/h4-10,13,15-16,18H,11-12,14H2,1-3H3,(H2,23,25,26). The molecular formula is C22H28N4OS. The maximum atomic E-state index is 5.42. The van der Waals surface area contributed by atoms with Crippen LogP contribution in [-0.2, 0) is 6.42 Å². The van der Waals surface area contributed by atoms with Crippen LogP contribution in [0, 0.1) is 6.92 Å². The third-order valence-electron chi connectivity index (χ3n) is 4.48. The fourth-order valence-corrected chi connectivity index (χ4v) is 3.66. The van der Waals surface area contributed by atoms with E-state index in [0.29, 0.717) is 6.54 Å². The third kappa shape index (κ3) is 5.96. The van der Waals surface area contributed by atoms with Crippen molar-refractivity contribution in [2.75, 3.05) is 13.1 Å². The first-order valence-corrected chi connectivity index (χ1v) is 10.5. The van der Waals surface area contributed by atoms with Crippen LogP contribution in [0.2, 0.25) is 0 Å². The zero-order valence-electron chi connectivity index (χ0n) is 16.7. The van der Waals surface area contributed by atoms with Crippen molar-refractivity contribution in [3.8, 4) is 0 Å². The summed E-state index contributed by atoms with van der Waals surface area (Å²) in [4.78, 5) is 10.6. The monoisotopic (exact) mass is 396 g/mol. The molecule has 2 aromatic heterocycles. The van der Waals surface area contributed by atoms with Gasteiger partial charge >= 0.3 is 0 Å². The fraction of sp³-hybridized carbons (Fsp3) is 0.364. The molecule has 0 aliphatic carbocycles. The Hall–Kier alpha value is -2.60. The van der Waals surface area contributed by atoms with E-state index < -0.39 is 0 Å². The van der Waals surface area contributed by atoms with Crippen LogP contribution in [-0.4, -0.2) is 24.0 Å². The zero-order chi connectivity index (χ0) is 19.8. The summed E-state index contributed by atoms with van der Waals surface area (Å²) < 4.78 is 5.42. The topological polar surface area (TPSA) is 62.5 Å². The molecule has 3 aromatic rings. The van der Waals surface area contributed by atoms with Crippen molar-refractivity contribution < 1.29 is 4.42 Å². The number of aromatic nitrogens is 1. The van der Waals surface area contributed by atoms with Gasteiger partial charge in [0.25, 0.3) is 0 Å². The first-order valence-electron chi connectivity index (χ1n) is 9.66.